The summed E-state index contributed by atoms with van der Waals surface area (Å²) < 4.78 is 10.3. The molecule has 1 aliphatic rings. The molecule has 1 aliphatic heterocycles. The van der Waals surface area contributed by atoms with Gasteiger partial charge in [-0.1, -0.05) is 0 Å². The van der Waals surface area contributed by atoms with Gasteiger partial charge in [0.1, 0.15) is 22.7 Å². The van der Waals surface area contributed by atoms with Gasteiger partial charge < -0.3 is 24.6 Å². The molecular formula is C23H29N5O3S. The fourth-order valence-electron chi connectivity index (χ4n) is 3.98. The smallest absolute Gasteiger partial charge is 0.261 e. The number of benzene rings is 1. The lowest BCUT2D eigenvalue weighted by Gasteiger charge is -2.37. The topological polar surface area (TPSA) is 79.8 Å². The van der Waals surface area contributed by atoms with Crippen LogP contribution < -0.4 is 19.9 Å². The number of methoxy groups -OCH3 is 2. The Morgan fingerprint density at radius 3 is 2.50 bits per heavy atom. The second-order valence-corrected chi connectivity index (χ2v) is 8.71. The first kappa shape index (κ1) is 22.3. The first-order valence-corrected chi connectivity index (χ1v) is 11.6. The van der Waals surface area contributed by atoms with Crippen molar-refractivity contribution in [2.45, 2.75) is 13.3 Å². The van der Waals surface area contributed by atoms with E-state index in [1.807, 2.05) is 19.1 Å². The van der Waals surface area contributed by atoms with Crippen LogP contribution in [0.2, 0.25) is 0 Å². The zero-order chi connectivity index (χ0) is 22.5. The summed E-state index contributed by atoms with van der Waals surface area (Å²) >= 11 is 1.43. The molecule has 0 bridgehead atoms. The number of anilines is 2. The highest BCUT2D eigenvalue weighted by Gasteiger charge is 2.24. The maximum Gasteiger partial charge on any atom is 0.261 e. The van der Waals surface area contributed by atoms with Gasteiger partial charge in [-0.3, -0.25) is 4.79 Å². The predicted octanol–water partition coefficient (Wildman–Crippen LogP) is 3.10. The van der Waals surface area contributed by atoms with Crippen LogP contribution in [0.4, 0.5) is 11.5 Å². The summed E-state index contributed by atoms with van der Waals surface area (Å²) in [6, 6.07) is 8.17. The number of rotatable bonds is 8. The lowest BCUT2D eigenvalue weighted by molar-refractivity contribution is 0.0952. The van der Waals surface area contributed by atoms with Crippen molar-refractivity contribution in [1.82, 2.24) is 15.3 Å². The second-order valence-electron chi connectivity index (χ2n) is 7.71. The van der Waals surface area contributed by atoms with Gasteiger partial charge in [-0.15, -0.1) is 11.3 Å². The van der Waals surface area contributed by atoms with Crippen molar-refractivity contribution < 1.29 is 14.3 Å². The van der Waals surface area contributed by atoms with Crippen LogP contribution >= 0.6 is 11.3 Å². The molecule has 1 fully saturated rings. The zero-order valence-electron chi connectivity index (χ0n) is 18.8. The Morgan fingerprint density at radius 2 is 1.81 bits per heavy atom. The molecule has 9 heteroatoms. The zero-order valence-corrected chi connectivity index (χ0v) is 19.6. The van der Waals surface area contributed by atoms with Gasteiger partial charge in [0.25, 0.3) is 5.91 Å². The summed E-state index contributed by atoms with van der Waals surface area (Å²) in [5, 5.41) is 3.96. The minimum absolute atomic E-state index is 0.0584. The number of aromatic nitrogens is 2. The monoisotopic (exact) mass is 455 g/mol. The van der Waals surface area contributed by atoms with E-state index in [0.717, 1.165) is 59.9 Å². The molecule has 170 valence electrons. The largest absolute Gasteiger partial charge is 0.497 e. The minimum Gasteiger partial charge on any atom is -0.497 e. The molecule has 0 atom stereocenters. The summed E-state index contributed by atoms with van der Waals surface area (Å²) in [6.07, 6.45) is 2.39. The number of nitrogens with one attached hydrogen (secondary N) is 1. The fraction of sp³-hybridized carbons (Fsp3) is 0.435. The van der Waals surface area contributed by atoms with Gasteiger partial charge in [0.15, 0.2) is 0 Å². The number of hydrogen-bond acceptors (Lipinski definition) is 8. The number of nitrogens with zero attached hydrogens (tertiary/aromatic N) is 4. The Kier molecular flexibility index (Phi) is 7.06. The highest BCUT2D eigenvalue weighted by Crippen LogP contribution is 2.35. The fourth-order valence-corrected chi connectivity index (χ4v) is 5.04. The van der Waals surface area contributed by atoms with E-state index in [1.54, 1.807) is 20.5 Å². The summed E-state index contributed by atoms with van der Waals surface area (Å²) in [7, 11) is 3.34. The summed E-state index contributed by atoms with van der Waals surface area (Å²) in [6.45, 7) is 6.71. The Morgan fingerprint density at radius 1 is 1.09 bits per heavy atom. The molecule has 8 nitrogen and oxygen atoms in total. The van der Waals surface area contributed by atoms with Crippen molar-refractivity contribution in [3.05, 3.63) is 41.0 Å². The third-order valence-electron chi connectivity index (χ3n) is 5.74. The van der Waals surface area contributed by atoms with Crippen LogP contribution in [0.1, 0.15) is 21.7 Å². The molecule has 2 aromatic heterocycles. The number of hydrogen-bond donors (Lipinski definition) is 1. The van der Waals surface area contributed by atoms with Crippen molar-refractivity contribution >= 4 is 39.0 Å². The molecule has 32 heavy (non-hydrogen) atoms. The van der Waals surface area contributed by atoms with Crippen molar-refractivity contribution in [3.63, 3.8) is 0 Å². The van der Waals surface area contributed by atoms with Crippen molar-refractivity contribution in [1.29, 1.82) is 0 Å². The van der Waals surface area contributed by atoms with Crippen molar-refractivity contribution in [2.75, 3.05) is 63.4 Å². The number of carbonyl (C=O) groups excluding carboxylic acids is 1. The van der Waals surface area contributed by atoms with Crippen LogP contribution in [0.3, 0.4) is 0 Å². The number of fused-ring (bicyclic) bond motifs is 1. The van der Waals surface area contributed by atoms with Gasteiger partial charge >= 0.3 is 0 Å². The van der Waals surface area contributed by atoms with E-state index in [2.05, 4.69) is 37.2 Å². The van der Waals surface area contributed by atoms with Crippen LogP contribution in [0.15, 0.2) is 30.6 Å². The standard InChI is InChI=1S/C23H29N5O3S/c1-16-19-21(25-15-26-23(19)32-20(16)22(29)24-9-4-14-30-2)28-12-10-27(11-13-28)17-5-7-18(31-3)8-6-17/h5-8,15H,4,9-14H2,1-3H3,(H,24,29). The highest BCUT2D eigenvalue weighted by molar-refractivity contribution is 7.20. The first-order valence-electron chi connectivity index (χ1n) is 10.8. The van der Waals surface area contributed by atoms with E-state index in [1.165, 1.54) is 17.0 Å². The Bertz CT molecular complexity index is 1060. The second kappa shape index (κ2) is 10.1. The third-order valence-corrected chi connectivity index (χ3v) is 6.94. The highest BCUT2D eigenvalue weighted by atomic mass is 32.1. The molecule has 4 rings (SSSR count). The normalized spacial score (nSPS) is 14.1. The molecule has 1 saturated heterocycles. The quantitative estimate of drug-likeness (QED) is 0.523. The number of thiophene rings is 1. The van der Waals surface area contributed by atoms with Crippen LogP contribution in [-0.2, 0) is 4.74 Å². The number of aryl methyl sites for hydroxylation is 1. The Labute approximate surface area is 192 Å². The number of ether oxygens (including phenoxy) is 2. The molecule has 0 unspecified atom stereocenters. The van der Waals surface area contributed by atoms with Gasteiger partial charge in [0, 0.05) is 52.1 Å². The predicted molar refractivity (Wildman–Crippen MR) is 128 cm³/mol. The average Bonchev–Trinajstić information content (AvgIpc) is 3.18. The van der Waals surface area contributed by atoms with E-state index in [4.69, 9.17) is 9.47 Å². The molecule has 0 spiro atoms. The summed E-state index contributed by atoms with van der Waals surface area (Å²) in [5.74, 6) is 1.72. The van der Waals surface area contributed by atoms with Crippen LogP contribution in [0.25, 0.3) is 10.2 Å². The van der Waals surface area contributed by atoms with Crippen molar-refractivity contribution in [2.24, 2.45) is 0 Å². The molecule has 0 aliphatic carbocycles. The SMILES string of the molecule is COCCCNC(=O)c1sc2ncnc(N3CCN(c4ccc(OC)cc4)CC3)c2c1C. The van der Waals surface area contributed by atoms with Crippen LogP contribution in [0.5, 0.6) is 5.75 Å². The van der Waals surface area contributed by atoms with E-state index in [9.17, 15) is 4.79 Å². The van der Waals surface area contributed by atoms with Gasteiger partial charge in [0.05, 0.1) is 17.4 Å². The Hall–Kier alpha value is -2.91. The third kappa shape index (κ3) is 4.63. The number of piperazine rings is 1. The van der Waals surface area contributed by atoms with Gasteiger partial charge in [-0.2, -0.15) is 0 Å². The molecule has 3 aromatic rings. The molecular weight excluding hydrogens is 426 g/mol. The van der Waals surface area contributed by atoms with E-state index >= 15 is 0 Å². The molecule has 1 amide bonds. The van der Waals surface area contributed by atoms with Gasteiger partial charge in [-0.05, 0) is 43.2 Å². The molecule has 0 radical (unpaired) electrons. The van der Waals surface area contributed by atoms with Gasteiger partial charge in [0.2, 0.25) is 0 Å². The minimum atomic E-state index is -0.0584. The maximum absolute atomic E-state index is 12.7. The lowest BCUT2D eigenvalue weighted by Crippen LogP contribution is -2.46. The van der Waals surface area contributed by atoms with Crippen LogP contribution in [-0.4, -0.2) is 69.4 Å². The van der Waals surface area contributed by atoms with E-state index in [-0.39, 0.29) is 5.91 Å². The lowest BCUT2D eigenvalue weighted by atomic mass is 10.1. The first-order chi connectivity index (χ1) is 15.6. The molecule has 3 heterocycles. The van der Waals surface area contributed by atoms with E-state index < -0.39 is 0 Å². The molecule has 1 N–H and O–H groups in total. The molecule has 0 saturated carbocycles. The maximum atomic E-state index is 12.7. The molecule has 1 aromatic carbocycles. The summed E-state index contributed by atoms with van der Waals surface area (Å²) in [5.41, 5.74) is 2.14. The number of amides is 1. The summed E-state index contributed by atoms with van der Waals surface area (Å²) in [4.78, 5) is 28.0. The van der Waals surface area contributed by atoms with Gasteiger partial charge in [-0.25, -0.2) is 9.97 Å². The number of carbonyl (C=O) groups is 1. The van der Waals surface area contributed by atoms with E-state index in [0.29, 0.717) is 18.0 Å². The average molecular weight is 456 g/mol. The van der Waals surface area contributed by atoms with Crippen molar-refractivity contribution in [3.8, 4) is 5.75 Å². The van der Waals surface area contributed by atoms with Crippen LogP contribution in [0, 0.1) is 6.92 Å². The Balaban J connectivity index is 1.48.